The highest BCUT2D eigenvalue weighted by atomic mass is 16.4. The van der Waals surface area contributed by atoms with Gasteiger partial charge in [-0.2, -0.15) is 0 Å². The van der Waals surface area contributed by atoms with Gasteiger partial charge >= 0.3 is 5.97 Å². The maximum Gasteiger partial charge on any atom is 0.335 e. The zero-order valence-corrected chi connectivity index (χ0v) is 11.3. The molecule has 7 heteroatoms. The van der Waals surface area contributed by atoms with Gasteiger partial charge in [-0.15, -0.1) is 0 Å². The van der Waals surface area contributed by atoms with Gasteiger partial charge < -0.3 is 21.5 Å². The molecule has 0 saturated carbocycles. The molecule has 0 saturated heterocycles. The van der Waals surface area contributed by atoms with Crippen LogP contribution in [-0.2, 0) is 9.59 Å². The van der Waals surface area contributed by atoms with Crippen LogP contribution in [0.4, 0.5) is 11.4 Å². The van der Waals surface area contributed by atoms with Crippen molar-refractivity contribution in [1.29, 1.82) is 0 Å². The monoisotopic (exact) mass is 279 g/mol. The van der Waals surface area contributed by atoms with Crippen LogP contribution in [0.3, 0.4) is 0 Å². The van der Waals surface area contributed by atoms with Crippen molar-refractivity contribution in [3.8, 4) is 0 Å². The lowest BCUT2D eigenvalue weighted by Crippen LogP contribution is -2.35. The van der Waals surface area contributed by atoms with Crippen molar-refractivity contribution in [3.63, 3.8) is 0 Å². The Kier molecular flexibility index (Phi) is 5.22. The summed E-state index contributed by atoms with van der Waals surface area (Å²) in [5.74, 6) is -1.90. The number of anilines is 2. The fourth-order valence-electron chi connectivity index (χ4n) is 1.49. The number of carboxylic acid groups (broad SMARTS) is 1. The topological polar surface area (TPSA) is 122 Å². The first kappa shape index (κ1) is 15.6. The SMILES string of the molecule is CCC(N)C(=O)Nc1cc(C(=O)O)ccc1NC(C)=O. The maximum atomic E-state index is 11.8. The van der Waals surface area contributed by atoms with Crippen LogP contribution in [0.25, 0.3) is 0 Å². The van der Waals surface area contributed by atoms with E-state index in [1.165, 1.54) is 25.1 Å². The molecule has 5 N–H and O–H groups in total. The van der Waals surface area contributed by atoms with E-state index in [-0.39, 0.29) is 17.2 Å². The Morgan fingerprint density at radius 2 is 1.90 bits per heavy atom. The first-order valence-corrected chi connectivity index (χ1v) is 6.06. The van der Waals surface area contributed by atoms with Crippen molar-refractivity contribution in [3.05, 3.63) is 23.8 Å². The first-order valence-electron chi connectivity index (χ1n) is 6.06. The number of hydrogen-bond acceptors (Lipinski definition) is 4. The molecule has 1 atom stereocenters. The molecule has 0 heterocycles. The molecule has 1 aromatic rings. The zero-order chi connectivity index (χ0) is 15.3. The van der Waals surface area contributed by atoms with Gasteiger partial charge in [0, 0.05) is 6.92 Å². The Balaban J connectivity index is 3.10. The van der Waals surface area contributed by atoms with Gasteiger partial charge in [-0.05, 0) is 24.6 Å². The highest BCUT2D eigenvalue weighted by Crippen LogP contribution is 2.23. The van der Waals surface area contributed by atoms with Crippen molar-refractivity contribution >= 4 is 29.2 Å². The van der Waals surface area contributed by atoms with E-state index in [2.05, 4.69) is 10.6 Å². The third-order valence-electron chi connectivity index (χ3n) is 2.61. The second-order valence-electron chi connectivity index (χ2n) is 4.25. The molecule has 0 bridgehead atoms. The van der Waals surface area contributed by atoms with Crippen molar-refractivity contribution in [2.45, 2.75) is 26.3 Å². The van der Waals surface area contributed by atoms with E-state index in [9.17, 15) is 14.4 Å². The largest absolute Gasteiger partial charge is 0.478 e. The predicted octanol–water partition coefficient (Wildman–Crippen LogP) is 1.02. The zero-order valence-electron chi connectivity index (χ0n) is 11.3. The molecule has 0 spiro atoms. The third kappa shape index (κ3) is 4.06. The lowest BCUT2D eigenvalue weighted by molar-refractivity contribution is -0.117. The summed E-state index contributed by atoms with van der Waals surface area (Å²) in [5.41, 5.74) is 6.12. The number of nitrogens with one attached hydrogen (secondary N) is 2. The Morgan fingerprint density at radius 1 is 1.25 bits per heavy atom. The van der Waals surface area contributed by atoms with Crippen LogP contribution in [-0.4, -0.2) is 28.9 Å². The smallest absolute Gasteiger partial charge is 0.335 e. The summed E-state index contributed by atoms with van der Waals surface area (Å²) >= 11 is 0. The molecule has 108 valence electrons. The molecule has 0 fully saturated rings. The Hall–Kier alpha value is -2.41. The summed E-state index contributed by atoms with van der Waals surface area (Å²) < 4.78 is 0. The molecule has 2 amide bonds. The normalized spacial score (nSPS) is 11.6. The van der Waals surface area contributed by atoms with Gasteiger partial charge in [0.15, 0.2) is 0 Å². The molecule has 1 rings (SSSR count). The van der Waals surface area contributed by atoms with E-state index in [1.807, 2.05) is 0 Å². The average molecular weight is 279 g/mol. The van der Waals surface area contributed by atoms with Gasteiger partial charge in [0.1, 0.15) is 0 Å². The lowest BCUT2D eigenvalue weighted by Gasteiger charge is -2.14. The van der Waals surface area contributed by atoms with Gasteiger partial charge in [-0.1, -0.05) is 6.92 Å². The quantitative estimate of drug-likeness (QED) is 0.641. The maximum absolute atomic E-state index is 11.8. The molecule has 0 aliphatic rings. The second-order valence-corrected chi connectivity index (χ2v) is 4.25. The minimum absolute atomic E-state index is 0.000489. The molecular weight excluding hydrogens is 262 g/mol. The standard InChI is InChI=1S/C13H17N3O4/c1-3-9(14)12(18)16-11-6-8(13(19)20)4-5-10(11)15-7(2)17/h4-6,9H,3,14H2,1-2H3,(H,15,17)(H,16,18)(H,19,20). The average Bonchev–Trinajstić information content (AvgIpc) is 2.38. The summed E-state index contributed by atoms with van der Waals surface area (Å²) in [5, 5.41) is 14.0. The predicted molar refractivity (Wildman–Crippen MR) is 74.6 cm³/mol. The summed E-state index contributed by atoms with van der Waals surface area (Å²) in [4.78, 5) is 33.8. The third-order valence-corrected chi connectivity index (χ3v) is 2.61. The van der Waals surface area contributed by atoms with Crippen molar-refractivity contribution in [1.82, 2.24) is 0 Å². The molecule has 0 aromatic heterocycles. The number of carbonyl (C=O) groups is 3. The number of carboxylic acids is 1. The van der Waals surface area contributed by atoms with E-state index < -0.39 is 17.9 Å². The molecule has 0 aliphatic carbocycles. The van der Waals surface area contributed by atoms with Crippen LogP contribution >= 0.6 is 0 Å². The molecule has 7 nitrogen and oxygen atoms in total. The molecule has 0 aliphatic heterocycles. The number of nitrogens with two attached hydrogens (primary N) is 1. The van der Waals surface area contributed by atoms with Gasteiger partial charge in [0.2, 0.25) is 11.8 Å². The van der Waals surface area contributed by atoms with Crippen molar-refractivity contribution in [2.24, 2.45) is 5.73 Å². The molecular formula is C13H17N3O4. The van der Waals surface area contributed by atoms with Gasteiger partial charge in [0.05, 0.1) is 23.0 Å². The number of carbonyl (C=O) groups excluding carboxylic acids is 2. The minimum atomic E-state index is -1.13. The lowest BCUT2D eigenvalue weighted by atomic mass is 10.1. The summed E-state index contributed by atoms with van der Waals surface area (Å²) in [7, 11) is 0. The fourth-order valence-corrected chi connectivity index (χ4v) is 1.49. The van der Waals surface area contributed by atoms with Gasteiger partial charge in [-0.3, -0.25) is 9.59 Å². The number of hydrogen-bond donors (Lipinski definition) is 4. The van der Waals surface area contributed by atoms with Crippen molar-refractivity contribution < 1.29 is 19.5 Å². The number of benzene rings is 1. The van der Waals surface area contributed by atoms with Gasteiger partial charge in [-0.25, -0.2) is 4.79 Å². The van der Waals surface area contributed by atoms with E-state index in [0.717, 1.165) is 0 Å². The summed E-state index contributed by atoms with van der Waals surface area (Å²) in [6.07, 6.45) is 0.444. The van der Waals surface area contributed by atoms with Crippen LogP contribution in [0.15, 0.2) is 18.2 Å². The van der Waals surface area contributed by atoms with E-state index in [1.54, 1.807) is 6.92 Å². The van der Waals surface area contributed by atoms with Crippen LogP contribution in [0, 0.1) is 0 Å². The number of aromatic carboxylic acids is 1. The van der Waals surface area contributed by atoms with Crippen LogP contribution in [0.5, 0.6) is 0 Å². The van der Waals surface area contributed by atoms with Crippen molar-refractivity contribution in [2.75, 3.05) is 10.6 Å². The van der Waals surface area contributed by atoms with E-state index >= 15 is 0 Å². The van der Waals surface area contributed by atoms with Crippen LogP contribution < -0.4 is 16.4 Å². The Morgan fingerprint density at radius 3 is 2.40 bits per heavy atom. The Labute approximate surface area is 116 Å². The summed E-state index contributed by atoms with van der Waals surface area (Å²) in [6.45, 7) is 3.07. The second kappa shape index (κ2) is 6.67. The van der Waals surface area contributed by atoms with Gasteiger partial charge in [0.25, 0.3) is 0 Å². The number of amides is 2. The molecule has 1 aromatic carbocycles. The number of rotatable bonds is 5. The summed E-state index contributed by atoms with van der Waals surface area (Å²) in [6, 6.07) is 3.32. The highest BCUT2D eigenvalue weighted by molar-refractivity contribution is 6.02. The molecule has 20 heavy (non-hydrogen) atoms. The van der Waals surface area contributed by atoms with Crippen LogP contribution in [0.2, 0.25) is 0 Å². The molecule has 1 unspecified atom stereocenters. The Bertz CT molecular complexity index is 542. The first-order chi connectivity index (χ1) is 9.35. The highest BCUT2D eigenvalue weighted by Gasteiger charge is 2.15. The van der Waals surface area contributed by atoms with E-state index in [4.69, 9.17) is 10.8 Å². The van der Waals surface area contributed by atoms with E-state index in [0.29, 0.717) is 12.1 Å². The minimum Gasteiger partial charge on any atom is -0.478 e. The van der Waals surface area contributed by atoms with Crippen LogP contribution in [0.1, 0.15) is 30.6 Å². The molecule has 0 radical (unpaired) electrons. The fraction of sp³-hybridized carbons (Fsp3) is 0.308.